The molecular formula is C18H19NO6S. The number of thioether (sulfide) groups is 1. The molecule has 138 valence electrons. The number of amides is 1. The second kappa shape index (κ2) is 9.27. The highest BCUT2D eigenvalue weighted by Gasteiger charge is 2.45. The van der Waals surface area contributed by atoms with E-state index in [2.05, 4.69) is 5.92 Å². The van der Waals surface area contributed by atoms with Gasteiger partial charge in [0.1, 0.15) is 30.4 Å². The van der Waals surface area contributed by atoms with Crippen molar-refractivity contribution in [3.8, 4) is 18.1 Å². The lowest BCUT2D eigenvalue weighted by molar-refractivity contribution is -0.152. The molecule has 1 aliphatic heterocycles. The molecule has 0 aromatic heterocycles. The van der Waals surface area contributed by atoms with E-state index >= 15 is 0 Å². The fourth-order valence-electron chi connectivity index (χ4n) is 2.50. The van der Waals surface area contributed by atoms with Gasteiger partial charge in [0.05, 0.1) is 14.2 Å². The number of esters is 1. The molecule has 1 saturated heterocycles. The minimum Gasteiger partial charge on any atom is -0.497 e. The van der Waals surface area contributed by atoms with Gasteiger partial charge in [-0.25, -0.2) is 4.79 Å². The summed E-state index contributed by atoms with van der Waals surface area (Å²) in [5, 5.41) is -0.838. The van der Waals surface area contributed by atoms with Crippen LogP contribution in [0.2, 0.25) is 0 Å². The SMILES string of the molecule is C#CCOCC(=O)N1[C@H](C(=O)OC)CS[C@H]1C(=O)c1ccc(OC)cc1. The van der Waals surface area contributed by atoms with Crippen LogP contribution in [0.3, 0.4) is 0 Å². The van der Waals surface area contributed by atoms with E-state index in [-0.39, 0.29) is 24.7 Å². The zero-order chi connectivity index (χ0) is 19.1. The molecule has 0 unspecified atom stereocenters. The van der Waals surface area contributed by atoms with Crippen LogP contribution in [0.5, 0.6) is 5.75 Å². The average Bonchev–Trinajstić information content (AvgIpc) is 3.12. The summed E-state index contributed by atoms with van der Waals surface area (Å²) in [5.74, 6) is 1.79. The van der Waals surface area contributed by atoms with E-state index in [1.807, 2.05) is 0 Å². The Kier molecular flexibility index (Phi) is 7.06. The summed E-state index contributed by atoms with van der Waals surface area (Å²) in [6.45, 7) is -0.350. The number of hydrogen-bond donors (Lipinski definition) is 0. The quantitative estimate of drug-likeness (QED) is 0.303. The highest BCUT2D eigenvalue weighted by molar-refractivity contribution is 8.00. The number of terminal acetylenes is 1. The molecule has 0 N–H and O–H groups in total. The van der Waals surface area contributed by atoms with Crippen molar-refractivity contribution in [1.29, 1.82) is 0 Å². The van der Waals surface area contributed by atoms with Gasteiger partial charge in [-0.3, -0.25) is 9.59 Å². The fourth-order valence-corrected chi connectivity index (χ4v) is 3.87. The Labute approximate surface area is 156 Å². The molecule has 8 heteroatoms. The first-order valence-corrected chi connectivity index (χ1v) is 8.78. The summed E-state index contributed by atoms with van der Waals surface area (Å²) in [6, 6.07) is 5.70. The maximum absolute atomic E-state index is 12.9. The number of ketones is 1. The lowest BCUT2D eigenvalue weighted by atomic mass is 10.1. The van der Waals surface area contributed by atoms with Crippen molar-refractivity contribution in [2.24, 2.45) is 0 Å². The number of carbonyl (C=O) groups is 3. The van der Waals surface area contributed by atoms with Crippen molar-refractivity contribution in [2.45, 2.75) is 11.4 Å². The average molecular weight is 377 g/mol. The molecule has 0 aliphatic carbocycles. The van der Waals surface area contributed by atoms with E-state index in [9.17, 15) is 14.4 Å². The summed E-state index contributed by atoms with van der Waals surface area (Å²) in [4.78, 5) is 38.6. The third-order valence-corrected chi connectivity index (χ3v) is 5.04. The monoisotopic (exact) mass is 377 g/mol. The Morgan fingerprint density at radius 2 is 1.96 bits per heavy atom. The Morgan fingerprint density at radius 3 is 2.54 bits per heavy atom. The molecule has 0 bridgehead atoms. The highest BCUT2D eigenvalue weighted by Crippen LogP contribution is 2.32. The lowest BCUT2D eigenvalue weighted by Crippen LogP contribution is -2.49. The van der Waals surface area contributed by atoms with E-state index in [1.165, 1.54) is 30.9 Å². The predicted octanol–water partition coefficient (Wildman–Crippen LogP) is 0.971. The van der Waals surface area contributed by atoms with Crippen LogP contribution in [0.25, 0.3) is 0 Å². The first-order chi connectivity index (χ1) is 12.5. The second-order valence-corrected chi connectivity index (χ2v) is 6.43. The van der Waals surface area contributed by atoms with Gasteiger partial charge in [0.25, 0.3) is 5.91 Å². The van der Waals surface area contributed by atoms with E-state index in [4.69, 9.17) is 20.6 Å². The van der Waals surface area contributed by atoms with Crippen LogP contribution in [0.15, 0.2) is 24.3 Å². The van der Waals surface area contributed by atoms with Gasteiger partial charge in [0, 0.05) is 11.3 Å². The van der Waals surface area contributed by atoms with Crippen LogP contribution in [0.4, 0.5) is 0 Å². The number of carbonyl (C=O) groups excluding carboxylic acids is 3. The smallest absolute Gasteiger partial charge is 0.329 e. The normalized spacial score (nSPS) is 18.9. The maximum Gasteiger partial charge on any atom is 0.329 e. The van der Waals surface area contributed by atoms with Crippen molar-refractivity contribution in [2.75, 3.05) is 33.2 Å². The first-order valence-electron chi connectivity index (χ1n) is 7.73. The van der Waals surface area contributed by atoms with Crippen molar-refractivity contribution in [3.63, 3.8) is 0 Å². The Hall–Kier alpha value is -2.50. The number of Topliss-reactive ketones (excluding diaryl/α,β-unsaturated/α-hetero) is 1. The molecule has 1 amide bonds. The van der Waals surface area contributed by atoms with Gasteiger partial charge in [-0.2, -0.15) is 0 Å². The minimum atomic E-state index is -0.848. The molecule has 0 spiro atoms. The zero-order valence-corrected chi connectivity index (χ0v) is 15.3. The molecule has 2 rings (SSSR count). The standard InChI is InChI=1S/C18H19NO6S/c1-4-9-25-10-15(20)19-14(18(22)24-3)11-26-17(19)16(21)12-5-7-13(23-2)8-6-12/h1,5-8,14,17H,9-11H2,2-3H3/t14-,17-/m0/s1. The third kappa shape index (κ3) is 4.36. The molecule has 7 nitrogen and oxygen atoms in total. The number of nitrogens with zero attached hydrogens (tertiary/aromatic N) is 1. The van der Waals surface area contributed by atoms with Gasteiger partial charge in [-0.15, -0.1) is 18.2 Å². The summed E-state index contributed by atoms with van der Waals surface area (Å²) in [7, 11) is 2.77. The number of ether oxygens (including phenoxy) is 3. The topological polar surface area (TPSA) is 82.1 Å². The lowest BCUT2D eigenvalue weighted by Gasteiger charge is -2.27. The van der Waals surface area contributed by atoms with Gasteiger partial charge >= 0.3 is 5.97 Å². The summed E-state index contributed by atoms with van der Waals surface area (Å²) >= 11 is 1.21. The molecule has 1 fully saturated rings. The van der Waals surface area contributed by atoms with Crippen LogP contribution in [-0.2, 0) is 19.1 Å². The van der Waals surface area contributed by atoms with Gasteiger partial charge in [-0.1, -0.05) is 5.92 Å². The molecule has 0 saturated carbocycles. The molecule has 0 radical (unpaired) electrons. The van der Waals surface area contributed by atoms with Crippen molar-refractivity contribution >= 4 is 29.4 Å². The largest absolute Gasteiger partial charge is 0.497 e. The highest BCUT2D eigenvalue weighted by atomic mass is 32.2. The van der Waals surface area contributed by atoms with Gasteiger partial charge < -0.3 is 19.1 Å². The van der Waals surface area contributed by atoms with E-state index < -0.39 is 23.3 Å². The number of hydrogen-bond acceptors (Lipinski definition) is 7. The molecule has 1 aromatic carbocycles. The van der Waals surface area contributed by atoms with Gasteiger partial charge in [-0.05, 0) is 24.3 Å². The third-order valence-electron chi connectivity index (χ3n) is 3.77. The Morgan fingerprint density at radius 1 is 1.27 bits per heavy atom. The Balaban J connectivity index is 2.23. The van der Waals surface area contributed by atoms with Crippen molar-refractivity contribution in [3.05, 3.63) is 29.8 Å². The number of rotatable bonds is 7. The molecule has 26 heavy (non-hydrogen) atoms. The van der Waals surface area contributed by atoms with Crippen molar-refractivity contribution in [1.82, 2.24) is 4.90 Å². The molecular weight excluding hydrogens is 358 g/mol. The van der Waals surface area contributed by atoms with Crippen molar-refractivity contribution < 1.29 is 28.6 Å². The number of methoxy groups -OCH3 is 2. The summed E-state index contributed by atoms with van der Waals surface area (Å²) in [6.07, 6.45) is 5.10. The van der Waals surface area contributed by atoms with Crippen LogP contribution in [0.1, 0.15) is 10.4 Å². The molecule has 1 aliphatic rings. The maximum atomic E-state index is 12.9. The number of benzene rings is 1. The van der Waals surface area contributed by atoms with Gasteiger partial charge in [0.2, 0.25) is 0 Å². The van der Waals surface area contributed by atoms with Crippen LogP contribution in [0, 0.1) is 12.3 Å². The molecule has 2 atom stereocenters. The zero-order valence-electron chi connectivity index (χ0n) is 14.5. The van der Waals surface area contributed by atoms with E-state index in [1.54, 1.807) is 24.3 Å². The fraction of sp³-hybridized carbons (Fsp3) is 0.389. The van der Waals surface area contributed by atoms with Crippen LogP contribution in [-0.4, -0.2) is 67.2 Å². The Bertz CT molecular complexity index is 711. The van der Waals surface area contributed by atoms with E-state index in [0.29, 0.717) is 11.3 Å². The van der Waals surface area contributed by atoms with Gasteiger partial charge in [0.15, 0.2) is 5.78 Å². The van der Waals surface area contributed by atoms with E-state index in [0.717, 1.165) is 0 Å². The summed E-state index contributed by atoms with van der Waals surface area (Å²) in [5.41, 5.74) is 0.413. The molecule has 1 heterocycles. The predicted molar refractivity (Wildman–Crippen MR) is 95.9 cm³/mol. The minimum absolute atomic E-state index is 0.0350. The summed E-state index contributed by atoms with van der Waals surface area (Å²) < 4.78 is 14.9. The molecule has 1 aromatic rings. The first kappa shape index (κ1) is 19.8. The van der Waals surface area contributed by atoms with Crippen LogP contribution >= 0.6 is 11.8 Å². The second-order valence-electron chi connectivity index (χ2n) is 5.32. The van der Waals surface area contributed by atoms with Crippen LogP contribution < -0.4 is 4.74 Å².